The minimum atomic E-state index is -0.176. The molecule has 1 N–H and O–H groups in total. The lowest BCUT2D eigenvalue weighted by atomic mass is 10.1. The molecule has 0 aliphatic heterocycles. The van der Waals surface area contributed by atoms with Crippen LogP contribution in [0.2, 0.25) is 0 Å². The minimum Gasteiger partial charge on any atom is -0.497 e. The van der Waals surface area contributed by atoms with Crippen molar-refractivity contribution >= 4 is 33.8 Å². The fraction of sp³-hybridized carbons (Fsp3) is 0.0870. The van der Waals surface area contributed by atoms with Crippen molar-refractivity contribution in [1.82, 2.24) is 15.3 Å². The number of aromatic nitrogens is 2. The quantitative estimate of drug-likeness (QED) is 0.538. The molecule has 1 amide bonds. The van der Waals surface area contributed by atoms with E-state index in [2.05, 4.69) is 21.4 Å². The molecule has 0 saturated heterocycles. The minimum absolute atomic E-state index is 0.176. The molecule has 0 fully saturated rings. The molecule has 3 aromatic carbocycles. The molecule has 0 bridgehead atoms. The maximum atomic E-state index is 12.1. The van der Waals surface area contributed by atoms with Crippen LogP contribution in [0.25, 0.3) is 27.9 Å². The topological polar surface area (TPSA) is 64.1 Å². The molecular weight excluding hydrogens is 350 g/mol. The first kappa shape index (κ1) is 17.7. The van der Waals surface area contributed by atoms with Crippen LogP contribution >= 0.6 is 0 Å². The van der Waals surface area contributed by atoms with Crippen LogP contribution in [0.4, 0.5) is 0 Å². The van der Waals surface area contributed by atoms with Crippen LogP contribution < -0.4 is 10.1 Å². The van der Waals surface area contributed by atoms with Gasteiger partial charge in [-0.1, -0.05) is 30.3 Å². The van der Waals surface area contributed by atoms with Gasteiger partial charge in [-0.15, -0.1) is 0 Å². The Morgan fingerprint density at radius 1 is 1.04 bits per heavy atom. The van der Waals surface area contributed by atoms with Crippen LogP contribution in [0.15, 0.2) is 72.9 Å². The third-order valence-corrected chi connectivity index (χ3v) is 4.45. The van der Waals surface area contributed by atoms with Gasteiger partial charge in [-0.25, -0.2) is 4.98 Å². The largest absolute Gasteiger partial charge is 0.497 e. The third kappa shape index (κ3) is 3.99. The number of hydrogen-bond acceptors (Lipinski definition) is 4. The Morgan fingerprint density at radius 3 is 2.68 bits per heavy atom. The Balaban J connectivity index is 1.40. The number of nitrogens with one attached hydrogen (secondary N) is 1. The summed E-state index contributed by atoms with van der Waals surface area (Å²) in [4.78, 5) is 21.0. The van der Waals surface area contributed by atoms with Crippen molar-refractivity contribution in [2.24, 2.45) is 0 Å². The van der Waals surface area contributed by atoms with Crippen molar-refractivity contribution in [2.45, 2.75) is 6.54 Å². The number of carbonyl (C=O) groups is 1. The third-order valence-electron chi connectivity index (χ3n) is 4.45. The molecule has 28 heavy (non-hydrogen) atoms. The summed E-state index contributed by atoms with van der Waals surface area (Å²) in [6, 6.07) is 19.7. The number of benzene rings is 3. The van der Waals surface area contributed by atoms with Gasteiger partial charge in [-0.3, -0.25) is 9.78 Å². The first-order chi connectivity index (χ1) is 13.7. The Labute approximate surface area is 162 Å². The van der Waals surface area contributed by atoms with Gasteiger partial charge in [0.25, 0.3) is 0 Å². The van der Waals surface area contributed by atoms with Crippen molar-refractivity contribution in [3.63, 3.8) is 0 Å². The SMILES string of the molecule is COc1ccc2cc(CNC(=O)C=Cc3cnc4ccccc4n3)ccc2c1. The van der Waals surface area contributed by atoms with E-state index in [-0.39, 0.29) is 5.91 Å². The lowest BCUT2D eigenvalue weighted by molar-refractivity contribution is -0.116. The van der Waals surface area contributed by atoms with Crippen LogP contribution in [0.1, 0.15) is 11.3 Å². The van der Waals surface area contributed by atoms with E-state index < -0.39 is 0 Å². The zero-order chi connectivity index (χ0) is 19.3. The zero-order valence-corrected chi connectivity index (χ0v) is 15.4. The first-order valence-electron chi connectivity index (χ1n) is 8.96. The van der Waals surface area contributed by atoms with Gasteiger partial charge in [0, 0.05) is 12.6 Å². The second-order valence-electron chi connectivity index (χ2n) is 6.38. The van der Waals surface area contributed by atoms with Gasteiger partial charge >= 0.3 is 0 Å². The second-order valence-corrected chi connectivity index (χ2v) is 6.38. The van der Waals surface area contributed by atoms with Crippen molar-refractivity contribution < 1.29 is 9.53 Å². The molecule has 0 aliphatic carbocycles. The fourth-order valence-corrected chi connectivity index (χ4v) is 2.97. The number of fused-ring (bicyclic) bond motifs is 2. The highest BCUT2D eigenvalue weighted by Gasteiger charge is 2.02. The average molecular weight is 369 g/mol. The summed E-state index contributed by atoms with van der Waals surface area (Å²) in [5, 5.41) is 5.10. The first-order valence-corrected chi connectivity index (χ1v) is 8.96. The predicted octanol–water partition coefficient (Wildman–Crippen LogP) is 4.12. The van der Waals surface area contributed by atoms with Crippen molar-refractivity contribution in [2.75, 3.05) is 7.11 Å². The molecule has 4 aromatic rings. The van der Waals surface area contributed by atoms with Crippen LogP contribution in [-0.2, 0) is 11.3 Å². The van der Waals surface area contributed by atoms with E-state index in [0.29, 0.717) is 12.2 Å². The maximum Gasteiger partial charge on any atom is 0.244 e. The highest BCUT2D eigenvalue weighted by Crippen LogP contribution is 2.21. The standard InChI is InChI=1S/C23H19N3O2/c1-28-20-10-8-17-12-16(6-7-18(17)13-20)14-25-23(27)11-9-19-15-24-21-4-2-3-5-22(21)26-19/h2-13,15H,14H2,1H3,(H,25,27). The maximum absolute atomic E-state index is 12.1. The number of rotatable bonds is 5. The van der Waals surface area contributed by atoms with Gasteiger partial charge in [0.15, 0.2) is 0 Å². The number of ether oxygens (including phenoxy) is 1. The van der Waals surface area contributed by atoms with Crippen molar-refractivity contribution in [3.05, 3.63) is 84.2 Å². The molecule has 0 saturated carbocycles. The summed E-state index contributed by atoms with van der Waals surface area (Å²) in [5.74, 6) is 0.653. The monoisotopic (exact) mass is 369 g/mol. The van der Waals surface area contributed by atoms with Crippen molar-refractivity contribution in [1.29, 1.82) is 0 Å². The van der Waals surface area contributed by atoms with E-state index in [1.807, 2.05) is 54.6 Å². The predicted molar refractivity (Wildman–Crippen MR) is 111 cm³/mol. The molecule has 0 atom stereocenters. The summed E-state index contributed by atoms with van der Waals surface area (Å²) < 4.78 is 5.24. The molecule has 1 heterocycles. The average Bonchev–Trinajstić information content (AvgIpc) is 2.75. The molecule has 5 nitrogen and oxygen atoms in total. The summed E-state index contributed by atoms with van der Waals surface area (Å²) >= 11 is 0. The molecule has 1 aromatic heterocycles. The second kappa shape index (κ2) is 7.88. The van der Waals surface area contributed by atoms with Gasteiger partial charge in [0.2, 0.25) is 5.91 Å². The molecule has 5 heteroatoms. The number of carbonyl (C=O) groups excluding carboxylic acids is 1. The van der Waals surface area contributed by atoms with Gasteiger partial charge in [0.05, 0.1) is 30.0 Å². The Bertz CT molecular complexity index is 1180. The molecule has 4 rings (SSSR count). The Morgan fingerprint density at radius 2 is 1.82 bits per heavy atom. The van der Waals surface area contributed by atoms with Crippen LogP contribution in [0, 0.1) is 0 Å². The fourth-order valence-electron chi connectivity index (χ4n) is 2.97. The smallest absolute Gasteiger partial charge is 0.244 e. The zero-order valence-electron chi connectivity index (χ0n) is 15.4. The molecule has 0 spiro atoms. The number of hydrogen-bond donors (Lipinski definition) is 1. The number of amides is 1. The van der Waals surface area contributed by atoms with Gasteiger partial charge in [-0.2, -0.15) is 0 Å². The number of methoxy groups -OCH3 is 1. The van der Waals surface area contributed by atoms with E-state index >= 15 is 0 Å². The van der Waals surface area contributed by atoms with Gasteiger partial charge < -0.3 is 10.1 Å². The highest BCUT2D eigenvalue weighted by molar-refractivity contribution is 5.91. The number of para-hydroxylation sites is 2. The van der Waals surface area contributed by atoms with Crippen LogP contribution in [0.5, 0.6) is 5.75 Å². The molecule has 138 valence electrons. The molecule has 0 unspecified atom stereocenters. The van der Waals surface area contributed by atoms with Gasteiger partial charge in [0.1, 0.15) is 5.75 Å². The van der Waals surface area contributed by atoms with Crippen molar-refractivity contribution in [3.8, 4) is 5.75 Å². The van der Waals surface area contributed by atoms with E-state index in [1.165, 1.54) is 6.08 Å². The Hall–Kier alpha value is -3.73. The van der Waals surface area contributed by atoms with E-state index in [9.17, 15) is 4.79 Å². The highest BCUT2D eigenvalue weighted by atomic mass is 16.5. The normalized spacial score (nSPS) is 11.2. The van der Waals surface area contributed by atoms with Gasteiger partial charge in [-0.05, 0) is 52.7 Å². The Kier molecular flexibility index (Phi) is 4.97. The summed E-state index contributed by atoms with van der Waals surface area (Å²) in [6.45, 7) is 0.453. The number of nitrogens with zero attached hydrogens (tertiary/aromatic N) is 2. The van der Waals surface area contributed by atoms with Crippen LogP contribution in [-0.4, -0.2) is 23.0 Å². The summed E-state index contributed by atoms with van der Waals surface area (Å²) in [7, 11) is 1.65. The summed E-state index contributed by atoms with van der Waals surface area (Å²) in [5.41, 5.74) is 3.31. The lowest BCUT2D eigenvalue weighted by Crippen LogP contribution is -2.20. The molecular formula is C23H19N3O2. The van der Waals surface area contributed by atoms with E-state index in [4.69, 9.17) is 4.74 Å². The van der Waals surface area contributed by atoms with Crippen LogP contribution in [0.3, 0.4) is 0 Å². The van der Waals surface area contributed by atoms with E-state index in [0.717, 1.165) is 33.1 Å². The van der Waals surface area contributed by atoms with E-state index in [1.54, 1.807) is 19.4 Å². The molecule has 0 radical (unpaired) electrons. The lowest BCUT2D eigenvalue weighted by Gasteiger charge is -2.06. The summed E-state index contributed by atoms with van der Waals surface area (Å²) in [6.07, 6.45) is 4.80. The molecule has 0 aliphatic rings.